The van der Waals surface area contributed by atoms with Crippen LogP contribution in [0.5, 0.6) is 5.75 Å². The van der Waals surface area contributed by atoms with Crippen LogP contribution in [-0.2, 0) is 6.54 Å². The molecule has 0 aliphatic carbocycles. The molecular formula is C23H20ClFN6O2. The second-order valence-corrected chi connectivity index (χ2v) is 7.39. The lowest BCUT2D eigenvalue weighted by Crippen LogP contribution is -2.27. The highest BCUT2D eigenvalue weighted by molar-refractivity contribution is 6.30. The SMILES string of the molecule is COc1cnc(-c2cc(Cl)ccc2F)nc1Nc1ccncc1C(=O)NCCn1cccc1. The molecule has 4 rings (SSSR count). The highest BCUT2D eigenvalue weighted by Crippen LogP contribution is 2.30. The number of benzene rings is 1. The molecule has 1 aromatic carbocycles. The van der Waals surface area contributed by atoms with Crippen LogP contribution in [0.2, 0.25) is 5.02 Å². The number of carbonyl (C=O) groups is 1. The molecule has 33 heavy (non-hydrogen) atoms. The van der Waals surface area contributed by atoms with Gasteiger partial charge in [-0.15, -0.1) is 0 Å². The van der Waals surface area contributed by atoms with Gasteiger partial charge in [-0.05, 0) is 36.4 Å². The lowest BCUT2D eigenvalue weighted by molar-refractivity contribution is 0.0953. The monoisotopic (exact) mass is 466 g/mol. The number of nitrogens with zero attached hydrogens (tertiary/aromatic N) is 4. The van der Waals surface area contributed by atoms with Crippen molar-refractivity contribution in [3.8, 4) is 17.1 Å². The molecule has 0 spiro atoms. The Hall–Kier alpha value is -3.98. The number of rotatable bonds is 8. The number of ether oxygens (including phenoxy) is 1. The standard InChI is InChI=1S/C23H20ClFN6O2/c1-33-20-14-28-21(16-12-15(24)4-5-18(16)25)30-22(20)29-19-6-7-26-13-17(19)23(32)27-8-11-31-9-2-3-10-31/h2-7,9-10,12-14H,8,11H2,1H3,(H,27,32)(H,26,28,29,30). The van der Waals surface area contributed by atoms with E-state index >= 15 is 0 Å². The Morgan fingerprint density at radius 2 is 2.03 bits per heavy atom. The first-order valence-electron chi connectivity index (χ1n) is 10.0. The highest BCUT2D eigenvalue weighted by atomic mass is 35.5. The molecule has 3 heterocycles. The summed E-state index contributed by atoms with van der Waals surface area (Å²) in [7, 11) is 1.46. The van der Waals surface area contributed by atoms with E-state index in [1.165, 1.54) is 37.7 Å². The van der Waals surface area contributed by atoms with Gasteiger partial charge >= 0.3 is 0 Å². The Labute approximate surface area is 194 Å². The van der Waals surface area contributed by atoms with Gasteiger partial charge in [-0.2, -0.15) is 0 Å². The summed E-state index contributed by atoms with van der Waals surface area (Å²) in [6.07, 6.45) is 8.27. The predicted octanol–water partition coefficient (Wildman–Crippen LogP) is 4.31. The zero-order valence-electron chi connectivity index (χ0n) is 17.6. The van der Waals surface area contributed by atoms with E-state index in [2.05, 4.69) is 25.6 Å². The van der Waals surface area contributed by atoms with Crippen molar-refractivity contribution in [2.24, 2.45) is 0 Å². The largest absolute Gasteiger partial charge is 0.491 e. The minimum atomic E-state index is -0.512. The van der Waals surface area contributed by atoms with E-state index in [4.69, 9.17) is 16.3 Å². The summed E-state index contributed by atoms with van der Waals surface area (Å²) in [5, 5.41) is 6.31. The molecule has 10 heteroatoms. The first kappa shape index (κ1) is 22.2. The summed E-state index contributed by atoms with van der Waals surface area (Å²) >= 11 is 6.01. The van der Waals surface area contributed by atoms with Gasteiger partial charge in [0, 0.05) is 42.9 Å². The van der Waals surface area contributed by atoms with Gasteiger partial charge in [-0.3, -0.25) is 9.78 Å². The predicted molar refractivity (Wildman–Crippen MR) is 123 cm³/mol. The molecule has 0 bridgehead atoms. The minimum absolute atomic E-state index is 0.116. The summed E-state index contributed by atoms with van der Waals surface area (Å²) in [6, 6.07) is 9.62. The van der Waals surface area contributed by atoms with Crippen LogP contribution in [0.4, 0.5) is 15.9 Å². The van der Waals surface area contributed by atoms with Crippen LogP contribution in [0.3, 0.4) is 0 Å². The van der Waals surface area contributed by atoms with Gasteiger partial charge in [0.15, 0.2) is 17.4 Å². The maximum absolute atomic E-state index is 14.3. The number of anilines is 2. The number of methoxy groups -OCH3 is 1. The number of amides is 1. The quantitative estimate of drug-likeness (QED) is 0.402. The maximum atomic E-state index is 14.3. The van der Waals surface area contributed by atoms with Crippen molar-refractivity contribution < 1.29 is 13.9 Å². The fourth-order valence-corrected chi connectivity index (χ4v) is 3.31. The summed E-state index contributed by atoms with van der Waals surface area (Å²) in [4.78, 5) is 25.4. The third-order valence-electron chi connectivity index (χ3n) is 4.78. The van der Waals surface area contributed by atoms with E-state index in [0.717, 1.165) is 0 Å². The molecular weight excluding hydrogens is 447 g/mol. The summed E-state index contributed by atoms with van der Waals surface area (Å²) in [5.41, 5.74) is 0.921. The Morgan fingerprint density at radius 3 is 2.82 bits per heavy atom. The molecule has 0 radical (unpaired) electrons. The molecule has 3 aromatic heterocycles. The van der Waals surface area contributed by atoms with Crippen molar-refractivity contribution in [1.82, 2.24) is 24.8 Å². The van der Waals surface area contributed by atoms with E-state index in [1.54, 1.807) is 12.3 Å². The van der Waals surface area contributed by atoms with Crippen molar-refractivity contribution in [1.29, 1.82) is 0 Å². The molecule has 2 N–H and O–H groups in total. The average Bonchev–Trinajstić information content (AvgIpc) is 3.34. The number of pyridine rings is 1. The molecule has 168 valence electrons. The third-order valence-corrected chi connectivity index (χ3v) is 5.02. The summed E-state index contributed by atoms with van der Waals surface area (Å²) in [6.45, 7) is 1.08. The van der Waals surface area contributed by atoms with Crippen molar-refractivity contribution in [2.75, 3.05) is 19.0 Å². The number of hydrogen-bond donors (Lipinski definition) is 2. The zero-order valence-corrected chi connectivity index (χ0v) is 18.4. The number of nitrogens with one attached hydrogen (secondary N) is 2. The Balaban J connectivity index is 1.58. The van der Waals surface area contributed by atoms with Crippen molar-refractivity contribution in [3.05, 3.63) is 83.8 Å². The van der Waals surface area contributed by atoms with Crippen LogP contribution in [0, 0.1) is 5.82 Å². The van der Waals surface area contributed by atoms with Crippen LogP contribution in [0.1, 0.15) is 10.4 Å². The van der Waals surface area contributed by atoms with Crippen LogP contribution in [0.25, 0.3) is 11.4 Å². The molecule has 0 fully saturated rings. The maximum Gasteiger partial charge on any atom is 0.255 e. The topological polar surface area (TPSA) is 94.0 Å². The molecule has 0 saturated heterocycles. The number of halogens is 2. The van der Waals surface area contributed by atoms with Gasteiger partial charge in [0.2, 0.25) is 0 Å². The van der Waals surface area contributed by atoms with Crippen LogP contribution >= 0.6 is 11.6 Å². The van der Waals surface area contributed by atoms with Gasteiger partial charge in [-0.25, -0.2) is 14.4 Å². The highest BCUT2D eigenvalue weighted by Gasteiger charge is 2.17. The van der Waals surface area contributed by atoms with Crippen molar-refractivity contribution in [2.45, 2.75) is 6.54 Å². The molecule has 0 atom stereocenters. The molecule has 0 aliphatic rings. The van der Waals surface area contributed by atoms with E-state index in [9.17, 15) is 9.18 Å². The number of carbonyl (C=O) groups excluding carboxylic acids is 1. The second-order valence-electron chi connectivity index (χ2n) is 6.96. The number of aromatic nitrogens is 4. The first-order chi connectivity index (χ1) is 16.0. The Bertz CT molecular complexity index is 1270. The normalized spacial score (nSPS) is 10.6. The Kier molecular flexibility index (Phi) is 6.80. The molecule has 0 aliphatic heterocycles. The van der Waals surface area contributed by atoms with E-state index in [-0.39, 0.29) is 23.1 Å². The lowest BCUT2D eigenvalue weighted by atomic mass is 10.2. The molecule has 4 aromatic rings. The van der Waals surface area contributed by atoms with Gasteiger partial charge in [0.1, 0.15) is 5.82 Å². The molecule has 8 nitrogen and oxygen atoms in total. The van der Waals surface area contributed by atoms with Crippen LogP contribution < -0.4 is 15.4 Å². The van der Waals surface area contributed by atoms with Gasteiger partial charge in [-0.1, -0.05) is 11.6 Å². The second kappa shape index (κ2) is 10.1. The fourth-order valence-electron chi connectivity index (χ4n) is 3.13. The number of hydrogen-bond acceptors (Lipinski definition) is 6. The Morgan fingerprint density at radius 1 is 1.21 bits per heavy atom. The average molecular weight is 467 g/mol. The van der Waals surface area contributed by atoms with E-state index in [1.807, 2.05) is 29.1 Å². The summed E-state index contributed by atoms with van der Waals surface area (Å²) in [5.74, 6) is -0.120. The molecule has 0 saturated carbocycles. The fraction of sp³-hybridized carbons (Fsp3) is 0.130. The molecule has 1 amide bonds. The van der Waals surface area contributed by atoms with E-state index in [0.29, 0.717) is 35.1 Å². The van der Waals surface area contributed by atoms with E-state index < -0.39 is 5.82 Å². The first-order valence-corrected chi connectivity index (χ1v) is 10.4. The van der Waals surface area contributed by atoms with Crippen molar-refractivity contribution >= 4 is 29.0 Å². The smallest absolute Gasteiger partial charge is 0.255 e. The van der Waals surface area contributed by atoms with Crippen molar-refractivity contribution in [3.63, 3.8) is 0 Å². The third kappa shape index (κ3) is 5.27. The van der Waals surface area contributed by atoms with Gasteiger partial charge < -0.3 is 19.9 Å². The van der Waals surface area contributed by atoms with Gasteiger partial charge in [0.25, 0.3) is 5.91 Å². The minimum Gasteiger partial charge on any atom is -0.491 e. The van der Waals surface area contributed by atoms with Crippen LogP contribution in [-0.4, -0.2) is 39.1 Å². The summed E-state index contributed by atoms with van der Waals surface area (Å²) < 4.78 is 21.6. The van der Waals surface area contributed by atoms with Gasteiger partial charge in [0.05, 0.1) is 30.1 Å². The zero-order chi connectivity index (χ0) is 23.2. The lowest BCUT2D eigenvalue weighted by Gasteiger charge is -2.14. The molecule has 0 unspecified atom stereocenters. The van der Waals surface area contributed by atoms with Crippen LogP contribution in [0.15, 0.2) is 67.4 Å².